The number of carbonyl (C=O) groups is 1. The van der Waals surface area contributed by atoms with Crippen molar-refractivity contribution in [3.05, 3.63) is 131 Å². The lowest BCUT2D eigenvalue weighted by Gasteiger charge is -2.30. The normalized spacial score (nSPS) is 14.4. The Kier molecular flexibility index (Phi) is 7.61. The molecule has 0 saturated heterocycles. The molecule has 1 aliphatic rings. The van der Waals surface area contributed by atoms with E-state index in [4.69, 9.17) is 0 Å². The van der Waals surface area contributed by atoms with Crippen LogP contribution in [0.15, 0.2) is 125 Å². The highest BCUT2D eigenvalue weighted by Crippen LogP contribution is 2.48. The Hall–Kier alpha value is -3.90. The molecule has 38 heavy (non-hydrogen) atoms. The molecule has 3 nitrogen and oxygen atoms in total. The van der Waals surface area contributed by atoms with Crippen molar-refractivity contribution in [2.24, 2.45) is 4.99 Å². The molecule has 0 bridgehead atoms. The van der Waals surface area contributed by atoms with E-state index in [0.29, 0.717) is 21.2 Å². The molecule has 1 amide bonds. The second kappa shape index (κ2) is 11.2. The summed E-state index contributed by atoms with van der Waals surface area (Å²) in [6.07, 6.45) is 1.87. The summed E-state index contributed by atoms with van der Waals surface area (Å²) < 4.78 is 0. The Bertz CT molecular complexity index is 1510. The van der Waals surface area contributed by atoms with Crippen LogP contribution in [0.3, 0.4) is 0 Å². The average Bonchev–Trinajstić information content (AvgIpc) is 3.32. The van der Waals surface area contributed by atoms with Crippen LogP contribution >= 0.6 is 18.6 Å². The maximum atomic E-state index is 13.1. The first kappa shape index (κ1) is 25.7. The van der Waals surface area contributed by atoms with Crippen LogP contribution in [-0.4, -0.2) is 16.2 Å². The Morgan fingerprint density at radius 2 is 1.26 bits per heavy atom. The quantitative estimate of drug-likeness (QED) is 0.211. The molecular formula is C33H27N2OPS. The van der Waals surface area contributed by atoms with Gasteiger partial charge >= 0.3 is 0 Å². The summed E-state index contributed by atoms with van der Waals surface area (Å²) in [4.78, 5) is 18.1. The fourth-order valence-corrected chi connectivity index (χ4v) is 10.1. The summed E-state index contributed by atoms with van der Waals surface area (Å²) in [5, 5.41) is 14.9. The zero-order valence-corrected chi connectivity index (χ0v) is 23.0. The standard InChI is InChI=1S/C33H27N2OPS/c1-24(2)26-20-18-25(19-21-26)22-31-32(36)35-33(38-31)30(23-34)37(27-12-6-3-7-13-27,28-14-8-4-9-15-28)29-16-10-5-11-17-29/h3-22,24H,1-2H3/b31-22+. The first-order valence-electron chi connectivity index (χ1n) is 12.5. The third kappa shape index (κ3) is 4.84. The summed E-state index contributed by atoms with van der Waals surface area (Å²) in [6, 6.07) is 41.3. The number of aliphatic imine (C=N–C) groups is 1. The summed E-state index contributed by atoms with van der Waals surface area (Å²) >= 11 is 1.30. The van der Waals surface area contributed by atoms with Gasteiger partial charge in [-0.15, -0.1) is 0 Å². The van der Waals surface area contributed by atoms with E-state index in [9.17, 15) is 10.1 Å². The minimum Gasteiger partial charge on any atom is -0.266 e. The Balaban J connectivity index is 1.73. The van der Waals surface area contributed by atoms with Crippen molar-refractivity contribution in [2.45, 2.75) is 19.8 Å². The van der Waals surface area contributed by atoms with Crippen LogP contribution in [0.4, 0.5) is 0 Å². The fraction of sp³-hybridized carbons (Fsp3) is 0.0909. The maximum Gasteiger partial charge on any atom is 0.284 e. The van der Waals surface area contributed by atoms with Gasteiger partial charge in [-0.1, -0.05) is 141 Å². The molecule has 1 aliphatic heterocycles. The van der Waals surface area contributed by atoms with Crippen LogP contribution in [0.2, 0.25) is 0 Å². The molecule has 0 aromatic heterocycles. The Morgan fingerprint density at radius 3 is 1.68 bits per heavy atom. The van der Waals surface area contributed by atoms with Crippen molar-refractivity contribution in [1.29, 1.82) is 5.26 Å². The van der Waals surface area contributed by atoms with Gasteiger partial charge in [0.15, 0.2) is 0 Å². The lowest BCUT2D eigenvalue weighted by molar-refractivity contribution is -0.113. The number of hydrogen-bond donors (Lipinski definition) is 0. The summed E-state index contributed by atoms with van der Waals surface area (Å²) in [7, 11) is 0. The van der Waals surface area contributed by atoms with Gasteiger partial charge in [-0.25, -0.2) is 4.99 Å². The number of benzene rings is 4. The molecule has 4 aromatic carbocycles. The molecular weight excluding hydrogens is 503 g/mol. The number of carbonyl (C=O) groups excluding carboxylic acids is 1. The van der Waals surface area contributed by atoms with Crippen molar-refractivity contribution >= 4 is 56.9 Å². The van der Waals surface area contributed by atoms with Gasteiger partial charge in [0.05, 0.1) is 10.2 Å². The number of nitriles is 1. The number of hydrogen-bond acceptors (Lipinski definition) is 3. The Morgan fingerprint density at radius 1 is 0.789 bits per heavy atom. The monoisotopic (exact) mass is 530 g/mol. The maximum absolute atomic E-state index is 13.1. The van der Waals surface area contributed by atoms with E-state index < -0.39 is 6.89 Å². The molecule has 186 valence electrons. The largest absolute Gasteiger partial charge is 0.284 e. The number of thioether (sulfide) groups is 1. The van der Waals surface area contributed by atoms with Crippen LogP contribution in [0.5, 0.6) is 0 Å². The van der Waals surface area contributed by atoms with Crippen molar-refractivity contribution in [3.63, 3.8) is 0 Å². The molecule has 0 fully saturated rings. The van der Waals surface area contributed by atoms with Crippen molar-refractivity contribution in [3.8, 4) is 6.07 Å². The van der Waals surface area contributed by atoms with Gasteiger partial charge in [-0.2, -0.15) is 5.26 Å². The van der Waals surface area contributed by atoms with Crippen LogP contribution in [-0.2, 0) is 4.79 Å². The molecule has 0 radical (unpaired) electrons. The van der Waals surface area contributed by atoms with Crippen LogP contribution in [0.25, 0.3) is 6.08 Å². The van der Waals surface area contributed by atoms with Gasteiger partial charge in [0.25, 0.3) is 5.91 Å². The van der Waals surface area contributed by atoms with Crippen molar-refractivity contribution in [2.75, 3.05) is 0 Å². The highest BCUT2D eigenvalue weighted by Gasteiger charge is 2.35. The average molecular weight is 531 g/mol. The van der Waals surface area contributed by atoms with E-state index in [1.165, 1.54) is 17.3 Å². The number of amides is 1. The minimum atomic E-state index is -2.64. The highest BCUT2D eigenvalue weighted by atomic mass is 32.2. The second-order valence-corrected chi connectivity index (χ2v) is 13.7. The molecule has 4 aromatic rings. The second-order valence-electron chi connectivity index (χ2n) is 9.29. The van der Waals surface area contributed by atoms with Gasteiger partial charge < -0.3 is 0 Å². The zero-order chi connectivity index (χ0) is 26.5. The molecule has 0 unspecified atom stereocenters. The lowest BCUT2D eigenvalue weighted by atomic mass is 10.0. The van der Waals surface area contributed by atoms with Crippen LogP contribution in [0.1, 0.15) is 30.9 Å². The topological polar surface area (TPSA) is 53.2 Å². The van der Waals surface area contributed by atoms with Gasteiger partial charge in [0.1, 0.15) is 11.1 Å². The van der Waals surface area contributed by atoms with E-state index in [1.807, 2.05) is 72.8 Å². The zero-order valence-electron chi connectivity index (χ0n) is 21.3. The smallest absolute Gasteiger partial charge is 0.266 e. The van der Waals surface area contributed by atoms with Crippen molar-refractivity contribution < 1.29 is 4.79 Å². The predicted octanol–water partition coefficient (Wildman–Crippen LogP) is 6.51. The summed E-state index contributed by atoms with van der Waals surface area (Å²) in [5.74, 6) is 0.130. The summed E-state index contributed by atoms with van der Waals surface area (Å²) in [5.41, 5.74) is 2.19. The lowest BCUT2D eigenvalue weighted by Crippen LogP contribution is -2.32. The molecule has 0 atom stereocenters. The van der Waals surface area contributed by atoms with Crippen LogP contribution in [0, 0.1) is 11.3 Å². The van der Waals surface area contributed by atoms with E-state index in [1.54, 1.807) is 0 Å². The van der Waals surface area contributed by atoms with Gasteiger partial charge in [0.2, 0.25) is 0 Å². The van der Waals surface area contributed by atoms with E-state index >= 15 is 0 Å². The molecule has 0 saturated carbocycles. The fourth-order valence-electron chi connectivity index (χ4n) is 4.69. The van der Waals surface area contributed by atoms with Gasteiger partial charge in [-0.3, -0.25) is 4.79 Å². The minimum absolute atomic E-state index is 0.307. The van der Waals surface area contributed by atoms with Crippen LogP contribution < -0.4 is 15.9 Å². The number of nitrogens with zero attached hydrogens (tertiary/aromatic N) is 2. The summed E-state index contributed by atoms with van der Waals surface area (Å²) in [6.45, 7) is 1.67. The van der Waals surface area contributed by atoms with E-state index in [2.05, 4.69) is 73.4 Å². The highest BCUT2D eigenvalue weighted by molar-refractivity contribution is 8.22. The van der Waals surface area contributed by atoms with Gasteiger partial charge in [0, 0.05) is 0 Å². The van der Waals surface area contributed by atoms with E-state index in [-0.39, 0.29) is 5.91 Å². The first-order chi connectivity index (χ1) is 18.5. The number of rotatable bonds is 6. The molecule has 0 aliphatic carbocycles. The Labute approximate surface area is 228 Å². The molecule has 1 heterocycles. The van der Waals surface area contributed by atoms with Crippen molar-refractivity contribution in [1.82, 2.24) is 0 Å². The SMILES string of the molecule is CC(C)c1ccc(/C=C2/SC(C(C#N)=P(c3ccccc3)(c3ccccc3)c3ccccc3)=NC2=O)cc1. The predicted molar refractivity (Wildman–Crippen MR) is 164 cm³/mol. The third-order valence-electron chi connectivity index (χ3n) is 6.60. The molecule has 0 spiro atoms. The molecule has 5 heteroatoms. The third-order valence-corrected chi connectivity index (χ3v) is 11.9. The van der Waals surface area contributed by atoms with Gasteiger partial charge in [-0.05, 0) is 45.9 Å². The first-order valence-corrected chi connectivity index (χ1v) is 15.1. The molecule has 0 N–H and O–H groups in total. The van der Waals surface area contributed by atoms with E-state index in [0.717, 1.165) is 21.5 Å². The molecule has 5 rings (SSSR count).